The Labute approximate surface area is 84.5 Å². The average molecular weight is 198 g/mol. The molecule has 80 valence electrons. The second-order valence-corrected chi connectivity index (χ2v) is 3.59. The molecule has 0 aliphatic carbocycles. The molecule has 0 aliphatic heterocycles. The van der Waals surface area contributed by atoms with Crippen molar-refractivity contribution < 1.29 is 4.79 Å². The number of rotatable bonds is 7. The largest absolute Gasteiger partial charge is 0.356 e. The molecular weight excluding hydrogens is 180 g/mol. The van der Waals surface area contributed by atoms with Crippen LogP contribution in [0.3, 0.4) is 0 Å². The zero-order valence-electron chi connectivity index (χ0n) is 8.86. The number of nitrogens with one attached hydrogen (secondary N) is 1. The molecule has 0 radical (unpaired) electrons. The van der Waals surface area contributed by atoms with Crippen LogP contribution in [0.4, 0.5) is 0 Å². The maximum Gasteiger partial charge on any atom is 0.219 e. The molecule has 0 spiro atoms. The molecule has 5 heteroatoms. The number of carbonyl (C=O) groups excluding carboxylic acids is 1. The van der Waals surface area contributed by atoms with Gasteiger partial charge in [-0.25, -0.2) is 0 Å². The minimum absolute atomic E-state index is 0.0405. The summed E-state index contributed by atoms with van der Waals surface area (Å²) >= 11 is 0. The molecule has 0 aromatic carbocycles. The summed E-state index contributed by atoms with van der Waals surface area (Å²) in [6.07, 6.45) is 2.07. The molecule has 0 heterocycles. The fraction of sp³-hybridized carbons (Fsp3) is 0.889. The third-order valence-electron chi connectivity index (χ3n) is 1.77. The van der Waals surface area contributed by atoms with Gasteiger partial charge in [0.2, 0.25) is 5.91 Å². The third kappa shape index (κ3) is 8.87. The number of hydrogen-bond donors (Lipinski definition) is 1. The Morgan fingerprint density at radius 2 is 2.29 bits per heavy atom. The van der Waals surface area contributed by atoms with Gasteiger partial charge in [-0.05, 0) is 24.3 Å². The topological polar surface area (TPSA) is 77.9 Å². The smallest absolute Gasteiger partial charge is 0.219 e. The number of azide groups is 1. The first-order chi connectivity index (χ1) is 6.66. The zero-order valence-corrected chi connectivity index (χ0v) is 8.86. The van der Waals surface area contributed by atoms with Gasteiger partial charge in [0.1, 0.15) is 0 Å². The van der Waals surface area contributed by atoms with E-state index in [-0.39, 0.29) is 5.91 Å². The highest BCUT2D eigenvalue weighted by Crippen LogP contribution is 1.97. The highest BCUT2D eigenvalue weighted by atomic mass is 16.1. The van der Waals surface area contributed by atoms with Crippen molar-refractivity contribution in [1.29, 1.82) is 0 Å². The van der Waals surface area contributed by atoms with Crippen LogP contribution in [-0.2, 0) is 4.79 Å². The Morgan fingerprint density at radius 1 is 1.57 bits per heavy atom. The lowest BCUT2D eigenvalue weighted by molar-refractivity contribution is -0.121. The number of nitrogens with zero attached hydrogens (tertiary/aromatic N) is 3. The second-order valence-electron chi connectivity index (χ2n) is 3.59. The first-order valence-electron chi connectivity index (χ1n) is 4.94. The predicted molar refractivity (Wildman–Crippen MR) is 55.7 cm³/mol. The van der Waals surface area contributed by atoms with Gasteiger partial charge in [0, 0.05) is 24.4 Å². The van der Waals surface area contributed by atoms with Gasteiger partial charge in [-0.15, -0.1) is 0 Å². The van der Waals surface area contributed by atoms with Gasteiger partial charge >= 0.3 is 0 Å². The highest BCUT2D eigenvalue weighted by molar-refractivity contribution is 5.75. The predicted octanol–water partition coefficient (Wildman–Crippen LogP) is 2.24. The highest BCUT2D eigenvalue weighted by Gasteiger charge is 2.00. The van der Waals surface area contributed by atoms with Crippen LogP contribution in [0.1, 0.15) is 33.1 Å². The van der Waals surface area contributed by atoms with E-state index in [9.17, 15) is 4.79 Å². The zero-order chi connectivity index (χ0) is 10.8. The van der Waals surface area contributed by atoms with Crippen molar-refractivity contribution in [3.63, 3.8) is 0 Å². The lowest BCUT2D eigenvalue weighted by atomic mass is 10.1. The third-order valence-corrected chi connectivity index (χ3v) is 1.77. The van der Waals surface area contributed by atoms with E-state index < -0.39 is 0 Å². The van der Waals surface area contributed by atoms with E-state index in [1.54, 1.807) is 0 Å². The van der Waals surface area contributed by atoms with Gasteiger partial charge in [-0.1, -0.05) is 19.0 Å². The van der Waals surface area contributed by atoms with Gasteiger partial charge in [0.25, 0.3) is 0 Å². The standard InChI is InChI=1S/C9H18N4O/c1-8(2)5-7-11-9(14)4-3-6-12-13-10/h8H,3-7H2,1-2H3,(H,11,14). The van der Waals surface area contributed by atoms with Crippen LogP contribution in [0.2, 0.25) is 0 Å². The molecule has 0 unspecified atom stereocenters. The van der Waals surface area contributed by atoms with Crippen LogP contribution < -0.4 is 5.32 Å². The lowest BCUT2D eigenvalue weighted by Gasteiger charge is -2.06. The number of hydrogen-bond acceptors (Lipinski definition) is 2. The van der Waals surface area contributed by atoms with E-state index in [0.29, 0.717) is 25.3 Å². The summed E-state index contributed by atoms with van der Waals surface area (Å²) in [4.78, 5) is 13.8. The molecule has 0 aromatic rings. The molecule has 14 heavy (non-hydrogen) atoms. The Bertz CT molecular complexity index is 209. The molecule has 0 atom stereocenters. The van der Waals surface area contributed by atoms with Crippen LogP contribution in [0, 0.1) is 5.92 Å². The van der Waals surface area contributed by atoms with Crippen molar-refractivity contribution in [2.24, 2.45) is 11.0 Å². The van der Waals surface area contributed by atoms with Crippen LogP contribution in [0.5, 0.6) is 0 Å². The summed E-state index contributed by atoms with van der Waals surface area (Å²) in [5.41, 5.74) is 7.99. The van der Waals surface area contributed by atoms with Crippen molar-refractivity contribution in [3.8, 4) is 0 Å². The van der Waals surface area contributed by atoms with E-state index in [0.717, 1.165) is 13.0 Å². The molecule has 0 aliphatic rings. The van der Waals surface area contributed by atoms with Gasteiger partial charge < -0.3 is 5.32 Å². The molecule has 0 fully saturated rings. The summed E-state index contributed by atoms with van der Waals surface area (Å²) in [5, 5.41) is 6.17. The molecule has 5 nitrogen and oxygen atoms in total. The number of carbonyl (C=O) groups is 1. The summed E-state index contributed by atoms with van der Waals surface area (Å²) < 4.78 is 0. The summed E-state index contributed by atoms with van der Waals surface area (Å²) in [6.45, 7) is 5.37. The van der Waals surface area contributed by atoms with Gasteiger partial charge in [0.15, 0.2) is 0 Å². The fourth-order valence-corrected chi connectivity index (χ4v) is 0.944. The second kappa shape index (κ2) is 8.38. The van der Waals surface area contributed by atoms with Crippen LogP contribution in [0.25, 0.3) is 10.4 Å². The Hall–Kier alpha value is -1.22. The minimum Gasteiger partial charge on any atom is -0.356 e. The van der Waals surface area contributed by atoms with E-state index >= 15 is 0 Å². The molecule has 0 saturated carbocycles. The lowest BCUT2D eigenvalue weighted by Crippen LogP contribution is -2.25. The van der Waals surface area contributed by atoms with Gasteiger partial charge in [-0.2, -0.15) is 0 Å². The van der Waals surface area contributed by atoms with Crippen LogP contribution >= 0.6 is 0 Å². The monoisotopic (exact) mass is 198 g/mol. The van der Waals surface area contributed by atoms with Crippen molar-refractivity contribution in [3.05, 3.63) is 10.4 Å². The van der Waals surface area contributed by atoms with Crippen LogP contribution in [-0.4, -0.2) is 19.0 Å². The normalized spacial score (nSPS) is 9.64. The first kappa shape index (κ1) is 12.8. The molecule has 1 N–H and O–H groups in total. The summed E-state index contributed by atoms with van der Waals surface area (Å²) in [5.74, 6) is 0.650. The van der Waals surface area contributed by atoms with Crippen LogP contribution in [0.15, 0.2) is 5.11 Å². The van der Waals surface area contributed by atoms with Gasteiger partial charge in [-0.3, -0.25) is 4.79 Å². The molecule has 1 amide bonds. The Balaban J connectivity index is 3.32. The molecular formula is C9H18N4O. The Kier molecular flexibility index (Phi) is 7.65. The SMILES string of the molecule is CC(C)CCNC(=O)CCCN=[N+]=[N-]. The quantitative estimate of drug-likeness (QED) is 0.289. The molecule has 0 saturated heterocycles. The van der Waals surface area contributed by atoms with E-state index in [1.165, 1.54) is 0 Å². The van der Waals surface area contributed by atoms with Crippen molar-refractivity contribution in [1.82, 2.24) is 5.32 Å². The van der Waals surface area contributed by atoms with E-state index in [4.69, 9.17) is 5.53 Å². The maximum atomic E-state index is 11.1. The minimum atomic E-state index is 0.0405. The Morgan fingerprint density at radius 3 is 2.86 bits per heavy atom. The maximum absolute atomic E-state index is 11.1. The molecule has 0 bridgehead atoms. The summed E-state index contributed by atoms with van der Waals surface area (Å²) in [7, 11) is 0. The van der Waals surface area contributed by atoms with Crippen molar-refractivity contribution in [2.45, 2.75) is 33.1 Å². The molecule has 0 rings (SSSR count). The van der Waals surface area contributed by atoms with E-state index in [2.05, 4.69) is 29.2 Å². The fourth-order valence-electron chi connectivity index (χ4n) is 0.944. The first-order valence-corrected chi connectivity index (χ1v) is 4.94. The molecule has 0 aromatic heterocycles. The van der Waals surface area contributed by atoms with Crippen molar-refractivity contribution >= 4 is 5.91 Å². The summed E-state index contributed by atoms with van der Waals surface area (Å²) in [6, 6.07) is 0. The number of amides is 1. The van der Waals surface area contributed by atoms with Gasteiger partial charge in [0.05, 0.1) is 0 Å². The average Bonchev–Trinajstić information content (AvgIpc) is 2.12. The van der Waals surface area contributed by atoms with Crippen molar-refractivity contribution in [2.75, 3.05) is 13.1 Å². The van der Waals surface area contributed by atoms with E-state index in [1.807, 2.05) is 0 Å².